The van der Waals surface area contributed by atoms with Gasteiger partial charge in [-0.25, -0.2) is 0 Å². The molecule has 0 spiro atoms. The van der Waals surface area contributed by atoms with E-state index in [9.17, 15) is 13.2 Å². The fraction of sp³-hybridized carbons (Fsp3) is 0.429. The summed E-state index contributed by atoms with van der Waals surface area (Å²) >= 11 is 11.1. The molecule has 0 saturated carbocycles. The lowest BCUT2D eigenvalue weighted by molar-refractivity contribution is -0.139. The van der Waals surface area contributed by atoms with E-state index >= 15 is 0 Å². The van der Waals surface area contributed by atoms with Gasteiger partial charge in [0.1, 0.15) is 5.02 Å². The Morgan fingerprint density at radius 2 is 2.00 bits per heavy atom. The van der Waals surface area contributed by atoms with Gasteiger partial charge < -0.3 is 4.74 Å². The standard InChI is InChI=1S/C7H5Cl2F3N2O/c8-5-4(3-13-14-6(5)9)15-2-1-7(10,11)12/h3H,1-2H2. The van der Waals surface area contributed by atoms with Crippen molar-refractivity contribution < 1.29 is 17.9 Å². The zero-order chi connectivity index (χ0) is 11.5. The summed E-state index contributed by atoms with van der Waals surface area (Å²) in [5.41, 5.74) is 0. The van der Waals surface area contributed by atoms with Crippen LogP contribution in [0.1, 0.15) is 6.42 Å². The maximum absolute atomic E-state index is 11.8. The molecule has 0 aliphatic rings. The van der Waals surface area contributed by atoms with Gasteiger partial charge in [-0.2, -0.15) is 18.3 Å². The van der Waals surface area contributed by atoms with E-state index in [0.29, 0.717) is 0 Å². The summed E-state index contributed by atoms with van der Waals surface area (Å²) in [6.07, 6.45) is -4.23. The summed E-state index contributed by atoms with van der Waals surface area (Å²) < 4.78 is 40.1. The Labute approximate surface area is 93.2 Å². The highest BCUT2D eigenvalue weighted by Crippen LogP contribution is 2.29. The molecule has 0 saturated heterocycles. The van der Waals surface area contributed by atoms with Gasteiger partial charge in [0.25, 0.3) is 0 Å². The van der Waals surface area contributed by atoms with Crippen molar-refractivity contribution in [1.82, 2.24) is 10.2 Å². The van der Waals surface area contributed by atoms with Crippen molar-refractivity contribution in [1.29, 1.82) is 0 Å². The molecule has 1 heterocycles. The molecule has 1 aromatic heterocycles. The fourth-order valence-electron chi connectivity index (χ4n) is 0.712. The zero-order valence-corrected chi connectivity index (χ0v) is 8.70. The van der Waals surface area contributed by atoms with E-state index in [4.69, 9.17) is 27.9 Å². The highest BCUT2D eigenvalue weighted by Gasteiger charge is 2.27. The molecule has 8 heteroatoms. The molecule has 0 amide bonds. The lowest BCUT2D eigenvalue weighted by atomic mass is 10.4. The van der Waals surface area contributed by atoms with Gasteiger partial charge in [0.05, 0.1) is 19.2 Å². The molecule has 0 radical (unpaired) electrons. The first-order valence-corrected chi connectivity index (χ1v) is 4.52. The van der Waals surface area contributed by atoms with E-state index in [1.54, 1.807) is 0 Å². The van der Waals surface area contributed by atoms with Crippen molar-refractivity contribution in [2.24, 2.45) is 0 Å². The Bertz CT molecular complexity index is 345. The highest BCUT2D eigenvalue weighted by atomic mass is 35.5. The SMILES string of the molecule is FC(F)(F)CCOc1cnnc(Cl)c1Cl. The average Bonchev–Trinajstić information content (AvgIpc) is 2.10. The molecular formula is C7H5Cl2F3N2O. The molecule has 0 unspecified atom stereocenters. The number of hydrogen-bond acceptors (Lipinski definition) is 3. The van der Waals surface area contributed by atoms with Gasteiger partial charge in [-0.05, 0) is 0 Å². The molecule has 0 aromatic carbocycles. The summed E-state index contributed by atoms with van der Waals surface area (Å²) in [5, 5.41) is 6.61. The molecule has 0 aliphatic heterocycles. The molecule has 1 aromatic rings. The van der Waals surface area contributed by atoms with Crippen LogP contribution in [0.4, 0.5) is 13.2 Å². The molecule has 0 aliphatic carbocycles. The summed E-state index contributed by atoms with van der Waals surface area (Å²) in [6.45, 7) is -0.536. The smallest absolute Gasteiger partial charge is 0.392 e. The average molecular weight is 261 g/mol. The molecule has 15 heavy (non-hydrogen) atoms. The molecule has 0 atom stereocenters. The molecule has 1 rings (SSSR count). The van der Waals surface area contributed by atoms with Crippen LogP contribution < -0.4 is 4.74 Å². The fourth-order valence-corrected chi connectivity index (χ4v) is 0.989. The maximum Gasteiger partial charge on any atom is 0.392 e. The minimum Gasteiger partial charge on any atom is -0.490 e. The van der Waals surface area contributed by atoms with E-state index in [2.05, 4.69) is 10.2 Å². The van der Waals surface area contributed by atoms with Crippen LogP contribution in [0.3, 0.4) is 0 Å². The minimum absolute atomic E-state index is 0.0130. The second-order valence-electron chi connectivity index (χ2n) is 2.53. The number of alkyl halides is 3. The summed E-state index contributed by atoms with van der Waals surface area (Å²) in [6, 6.07) is 0. The van der Waals surface area contributed by atoms with Crippen molar-refractivity contribution in [2.75, 3.05) is 6.61 Å². The van der Waals surface area contributed by atoms with Gasteiger partial charge in [-0.1, -0.05) is 23.2 Å². The van der Waals surface area contributed by atoms with E-state index in [0.717, 1.165) is 6.20 Å². The van der Waals surface area contributed by atoms with Crippen LogP contribution in [0.25, 0.3) is 0 Å². The van der Waals surface area contributed by atoms with E-state index in [1.165, 1.54) is 0 Å². The van der Waals surface area contributed by atoms with Gasteiger partial charge in [-0.3, -0.25) is 0 Å². The summed E-state index contributed by atoms with van der Waals surface area (Å²) in [4.78, 5) is 0. The molecule has 0 N–H and O–H groups in total. The normalized spacial score (nSPS) is 11.5. The van der Waals surface area contributed by atoms with Crippen LogP contribution in [-0.2, 0) is 0 Å². The molecule has 0 fully saturated rings. The monoisotopic (exact) mass is 260 g/mol. The third-order valence-corrected chi connectivity index (χ3v) is 2.09. The van der Waals surface area contributed by atoms with Crippen LogP contribution in [0.15, 0.2) is 6.20 Å². The number of hydrogen-bond donors (Lipinski definition) is 0. The van der Waals surface area contributed by atoms with E-state index < -0.39 is 19.2 Å². The Morgan fingerprint density at radius 1 is 1.33 bits per heavy atom. The Morgan fingerprint density at radius 3 is 2.60 bits per heavy atom. The first-order chi connectivity index (χ1) is 6.90. The Kier molecular flexibility index (Phi) is 3.98. The molecule has 0 bridgehead atoms. The first kappa shape index (κ1) is 12.3. The van der Waals surface area contributed by atoms with E-state index in [-0.39, 0.29) is 15.9 Å². The maximum atomic E-state index is 11.8. The third kappa shape index (κ3) is 4.09. The Hall–Kier alpha value is -0.750. The predicted octanol–water partition coefficient (Wildman–Crippen LogP) is 3.11. The number of rotatable bonds is 3. The van der Waals surface area contributed by atoms with Gasteiger partial charge in [0.15, 0.2) is 10.9 Å². The van der Waals surface area contributed by atoms with Crippen molar-refractivity contribution in [3.63, 3.8) is 0 Å². The number of halogens is 5. The van der Waals surface area contributed by atoms with E-state index in [1.807, 2.05) is 0 Å². The molecular weight excluding hydrogens is 256 g/mol. The lowest BCUT2D eigenvalue weighted by Gasteiger charge is -2.09. The van der Waals surface area contributed by atoms with Crippen LogP contribution in [0.2, 0.25) is 10.2 Å². The van der Waals surface area contributed by atoms with Crippen LogP contribution in [0.5, 0.6) is 5.75 Å². The van der Waals surface area contributed by atoms with Crippen LogP contribution in [-0.4, -0.2) is 23.0 Å². The van der Waals surface area contributed by atoms with Gasteiger partial charge >= 0.3 is 6.18 Å². The second-order valence-corrected chi connectivity index (χ2v) is 3.26. The van der Waals surface area contributed by atoms with Gasteiger partial charge in [0, 0.05) is 0 Å². The highest BCUT2D eigenvalue weighted by molar-refractivity contribution is 6.42. The van der Waals surface area contributed by atoms with Crippen molar-refractivity contribution in [2.45, 2.75) is 12.6 Å². The number of nitrogens with zero attached hydrogens (tertiary/aromatic N) is 2. The van der Waals surface area contributed by atoms with Crippen molar-refractivity contribution in [3.05, 3.63) is 16.4 Å². The molecule has 84 valence electrons. The van der Waals surface area contributed by atoms with Crippen molar-refractivity contribution >= 4 is 23.2 Å². The third-order valence-electron chi connectivity index (χ3n) is 1.36. The second kappa shape index (κ2) is 4.85. The summed E-state index contributed by atoms with van der Waals surface area (Å²) in [7, 11) is 0. The lowest BCUT2D eigenvalue weighted by Crippen LogP contribution is -2.13. The first-order valence-electron chi connectivity index (χ1n) is 3.76. The number of aromatic nitrogens is 2. The van der Waals surface area contributed by atoms with Gasteiger partial charge in [-0.15, -0.1) is 5.10 Å². The minimum atomic E-state index is -4.27. The quantitative estimate of drug-likeness (QED) is 0.838. The summed E-state index contributed by atoms with van der Waals surface area (Å²) in [5.74, 6) is -0.0130. The van der Waals surface area contributed by atoms with Crippen LogP contribution >= 0.6 is 23.2 Å². The van der Waals surface area contributed by atoms with Crippen molar-refractivity contribution in [3.8, 4) is 5.75 Å². The zero-order valence-electron chi connectivity index (χ0n) is 7.18. The van der Waals surface area contributed by atoms with Gasteiger partial charge in [0.2, 0.25) is 0 Å². The predicted molar refractivity (Wildman–Crippen MR) is 48.2 cm³/mol. The largest absolute Gasteiger partial charge is 0.490 e. The Balaban J connectivity index is 2.55. The topological polar surface area (TPSA) is 35.0 Å². The molecule has 3 nitrogen and oxygen atoms in total. The number of ether oxygens (including phenoxy) is 1. The van der Waals surface area contributed by atoms with Crippen LogP contribution in [0, 0.1) is 0 Å².